The number of nitrogens with one attached hydrogen (secondary N) is 2. The van der Waals surface area contributed by atoms with Crippen LogP contribution in [0.3, 0.4) is 0 Å². The third-order valence-corrected chi connectivity index (χ3v) is 6.69. The molecule has 0 unspecified atom stereocenters. The number of unbranched alkanes of at least 4 members (excludes halogenated alkanes) is 9. The van der Waals surface area contributed by atoms with Gasteiger partial charge in [-0.25, -0.2) is 4.79 Å². The van der Waals surface area contributed by atoms with E-state index in [0.717, 1.165) is 35.6 Å². The van der Waals surface area contributed by atoms with Crippen molar-refractivity contribution in [3.05, 3.63) is 66.2 Å². The molecule has 0 radical (unpaired) electrons. The third-order valence-electron chi connectivity index (χ3n) is 6.69. The van der Waals surface area contributed by atoms with Crippen LogP contribution < -0.4 is 10.6 Å². The van der Waals surface area contributed by atoms with Crippen LogP contribution in [0.15, 0.2) is 65.7 Å². The Morgan fingerprint density at radius 3 is 2.03 bits per heavy atom. The Kier molecular flexibility index (Phi) is 12.2. The fourth-order valence-electron chi connectivity index (χ4n) is 4.67. The number of carbonyl (C=O) groups is 2. The van der Waals surface area contributed by atoms with E-state index >= 15 is 0 Å². The lowest BCUT2D eigenvalue weighted by Gasteiger charge is -2.17. The lowest BCUT2D eigenvalue weighted by atomic mass is 10.0. The van der Waals surface area contributed by atoms with Gasteiger partial charge in [0.25, 0.3) is 0 Å². The molecule has 0 aliphatic carbocycles. The third kappa shape index (κ3) is 9.28. The van der Waals surface area contributed by atoms with Crippen LogP contribution >= 0.6 is 0 Å². The fourth-order valence-corrected chi connectivity index (χ4v) is 4.67. The number of hydrogen-bond donors (Lipinski definition) is 2. The summed E-state index contributed by atoms with van der Waals surface area (Å²) in [4.78, 5) is 40.9. The normalized spacial score (nSPS) is 10.7. The minimum atomic E-state index is -0.223. The summed E-state index contributed by atoms with van der Waals surface area (Å²) in [6.45, 7) is 2.23. The van der Waals surface area contributed by atoms with Crippen molar-refractivity contribution in [1.29, 1.82) is 0 Å². The second-order valence-electron chi connectivity index (χ2n) is 9.76. The van der Waals surface area contributed by atoms with Gasteiger partial charge in [0.05, 0.1) is 17.8 Å². The largest absolute Gasteiger partial charge is 0.323 e. The van der Waals surface area contributed by atoms with Gasteiger partial charge in [0.2, 0.25) is 17.9 Å². The molecule has 0 saturated heterocycles. The summed E-state index contributed by atoms with van der Waals surface area (Å²) in [5.41, 5.74) is 1.91. The Morgan fingerprint density at radius 2 is 1.34 bits per heavy atom. The van der Waals surface area contributed by atoms with Gasteiger partial charge in [-0.3, -0.25) is 9.59 Å². The quantitative estimate of drug-likeness (QED) is 0.115. The summed E-state index contributed by atoms with van der Waals surface area (Å²) >= 11 is 0. The van der Waals surface area contributed by atoms with Gasteiger partial charge in [0, 0.05) is 11.8 Å². The highest BCUT2D eigenvalue weighted by atomic mass is 16.2. The molecule has 2 N–H and O–H groups in total. The van der Waals surface area contributed by atoms with Gasteiger partial charge in [-0.05, 0) is 23.4 Å². The summed E-state index contributed by atoms with van der Waals surface area (Å²) < 4.78 is 0. The predicted octanol–water partition coefficient (Wildman–Crippen LogP) is 8.24. The Morgan fingerprint density at radius 1 is 0.737 bits per heavy atom. The highest BCUT2D eigenvalue weighted by Crippen LogP contribution is 2.40. The standard InChI is InChI=1S/C32H39N3O3/c1-2-3-4-5-6-7-8-9-10-14-21-29(37)34-32-28(33-24-36)23-26-19-15-16-20-27(26)31(32)35-30(38)22-25-17-12-11-13-18-25/h11-13,15-20,23H,2-10,14,21-22H2,1H3,(H,34,37)(H,35,38). The van der Waals surface area contributed by atoms with E-state index in [4.69, 9.17) is 0 Å². The van der Waals surface area contributed by atoms with E-state index in [2.05, 4.69) is 22.5 Å². The summed E-state index contributed by atoms with van der Waals surface area (Å²) in [6, 6.07) is 18.7. The minimum absolute atomic E-state index is 0.166. The molecule has 3 aromatic carbocycles. The molecule has 200 valence electrons. The molecular formula is C32H39N3O3. The number of aliphatic imine (C=N–C) groups is 1. The van der Waals surface area contributed by atoms with Crippen molar-refractivity contribution in [1.82, 2.24) is 0 Å². The predicted molar refractivity (Wildman–Crippen MR) is 156 cm³/mol. The van der Waals surface area contributed by atoms with E-state index in [9.17, 15) is 14.4 Å². The van der Waals surface area contributed by atoms with Crippen LogP contribution in [0.25, 0.3) is 10.8 Å². The zero-order valence-corrected chi connectivity index (χ0v) is 22.4. The molecule has 0 saturated carbocycles. The molecule has 0 heterocycles. The van der Waals surface area contributed by atoms with Crippen LogP contribution in [0.2, 0.25) is 0 Å². The van der Waals surface area contributed by atoms with Crippen molar-refractivity contribution in [3.63, 3.8) is 0 Å². The zero-order valence-electron chi connectivity index (χ0n) is 22.4. The number of fused-ring (bicyclic) bond motifs is 1. The first kappa shape index (κ1) is 28.8. The van der Waals surface area contributed by atoms with Crippen LogP contribution in [-0.4, -0.2) is 17.9 Å². The number of carbonyl (C=O) groups excluding carboxylic acids is 3. The molecule has 6 nitrogen and oxygen atoms in total. The molecule has 2 amide bonds. The SMILES string of the molecule is CCCCCCCCCCCCC(=O)Nc1c(N=C=O)cc2ccccc2c1NC(=O)Cc1ccccc1. The first-order chi connectivity index (χ1) is 18.6. The van der Waals surface area contributed by atoms with Crippen LogP contribution in [0.1, 0.15) is 83.1 Å². The van der Waals surface area contributed by atoms with Gasteiger partial charge in [-0.1, -0.05) is 119 Å². The van der Waals surface area contributed by atoms with E-state index in [0.29, 0.717) is 17.8 Å². The summed E-state index contributed by atoms with van der Waals surface area (Å²) in [5, 5.41) is 7.45. The van der Waals surface area contributed by atoms with E-state index in [1.165, 1.54) is 44.9 Å². The minimum Gasteiger partial charge on any atom is -0.323 e. The average Bonchev–Trinajstić information content (AvgIpc) is 2.92. The van der Waals surface area contributed by atoms with E-state index in [-0.39, 0.29) is 23.9 Å². The van der Waals surface area contributed by atoms with Crippen LogP contribution in [0.5, 0.6) is 0 Å². The molecule has 38 heavy (non-hydrogen) atoms. The molecule has 6 heteroatoms. The summed E-state index contributed by atoms with van der Waals surface area (Å²) in [6.07, 6.45) is 14.0. The fraction of sp³-hybridized carbons (Fsp3) is 0.406. The highest BCUT2D eigenvalue weighted by molar-refractivity contribution is 6.13. The first-order valence-electron chi connectivity index (χ1n) is 13.9. The highest BCUT2D eigenvalue weighted by Gasteiger charge is 2.18. The Labute approximate surface area is 225 Å². The lowest BCUT2D eigenvalue weighted by Crippen LogP contribution is -2.18. The number of nitrogens with zero attached hydrogens (tertiary/aromatic N) is 1. The van der Waals surface area contributed by atoms with Crippen molar-refractivity contribution in [2.45, 2.75) is 84.0 Å². The van der Waals surface area contributed by atoms with Gasteiger partial charge in [0.15, 0.2) is 0 Å². The van der Waals surface area contributed by atoms with Gasteiger partial charge in [-0.15, -0.1) is 0 Å². The molecule has 3 rings (SSSR count). The van der Waals surface area contributed by atoms with Crippen LogP contribution in [0, 0.1) is 0 Å². The molecule has 0 aliphatic rings. The molecule has 0 aliphatic heterocycles. The molecule has 0 fully saturated rings. The Hall–Kier alpha value is -3.76. The maximum absolute atomic E-state index is 13.0. The van der Waals surface area contributed by atoms with Crippen molar-refractivity contribution in [2.24, 2.45) is 4.99 Å². The maximum Gasteiger partial charge on any atom is 0.240 e. The number of isocyanates is 1. The van der Waals surface area contributed by atoms with Gasteiger partial charge in [-0.2, -0.15) is 4.99 Å². The second-order valence-corrected chi connectivity index (χ2v) is 9.76. The molecule has 0 spiro atoms. The monoisotopic (exact) mass is 513 g/mol. The van der Waals surface area contributed by atoms with Gasteiger partial charge in [0.1, 0.15) is 5.69 Å². The van der Waals surface area contributed by atoms with Crippen molar-refractivity contribution < 1.29 is 14.4 Å². The Bertz CT molecular complexity index is 1230. The maximum atomic E-state index is 13.0. The molecule has 0 aromatic heterocycles. The summed E-state index contributed by atoms with van der Waals surface area (Å²) in [7, 11) is 0. The molecule has 3 aromatic rings. The van der Waals surface area contributed by atoms with Crippen LogP contribution in [-0.2, 0) is 20.8 Å². The average molecular weight is 514 g/mol. The number of rotatable bonds is 16. The number of amides is 2. The molecule has 0 bridgehead atoms. The molecule has 0 atom stereocenters. The van der Waals surface area contributed by atoms with Crippen molar-refractivity contribution in [3.8, 4) is 0 Å². The molecular weight excluding hydrogens is 474 g/mol. The second kappa shape index (κ2) is 16.2. The number of hydrogen-bond acceptors (Lipinski definition) is 4. The summed E-state index contributed by atoms with van der Waals surface area (Å²) in [5.74, 6) is -0.389. The van der Waals surface area contributed by atoms with Crippen molar-refractivity contribution >= 4 is 45.7 Å². The van der Waals surface area contributed by atoms with Gasteiger partial charge >= 0.3 is 0 Å². The topological polar surface area (TPSA) is 87.6 Å². The van der Waals surface area contributed by atoms with E-state index in [1.54, 1.807) is 12.1 Å². The number of anilines is 2. The number of benzene rings is 3. The first-order valence-corrected chi connectivity index (χ1v) is 13.9. The Balaban J connectivity index is 1.66. The van der Waals surface area contributed by atoms with Crippen molar-refractivity contribution in [2.75, 3.05) is 10.6 Å². The lowest BCUT2D eigenvalue weighted by molar-refractivity contribution is -0.117. The zero-order chi connectivity index (χ0) is 27.0. The van der Waals surface area contributed by atoms with E-state index in [1.807, 2.05) is 54.6 Å². The smallest absolute Gasteiger partial charge is 0.240 e. The van der Waals surface area contributed by atoms with Gasteiger partial charge < -0.3 is 10.6 Å². The van der Waals surface area contributed by atoms with E-state index < -0.39 is 0 Å². The van der Waals surface area contributed by atoms with Crippen LogP contribution in [0.4, 0.5) is 17.1 Å².